The van der Waals surface area contributed by atoms with E-state index in [0.717, 1.165) is 0 Å². The molecule has 0 aliphatic carbocycles. The van der Waals surface area contributed by atoms with E-state index in [-0.39, 0.29) is 12.2 Å². The van der Waals surface area contributed by atoms with Crippen LogP contribution in [0.1, 0.15) is 18.1 Å². The number of hydrogen-bond acceptors (Lipinski definition) is 1. The summed E-state index contributed by atoms with van der Waals surface area (Å²) in [4.78, 5) is 0. The predicted molar refractivity (Wildman–Crippen MR) is 78.8 cm³/mol. The van der Waals surface area contributed by atoms with Crippen molar-refractivity contribution in [3.8, 4) is 0 Å². The lowest BCUT2D eigenvalue weighted by Gasteiger charge is -2.24. The molecule has 0 bridgehead atoms. The molecule has 1 atom stereocenters. The van der Waals surface area contributed by atoms with E-state index >= 15 is 0 Å². The van der Waals surface area contributed by atoms with Crippen LogP contribution in [0.15, 0.2) is 46.9 Å². The van der Waals surface area contributed by atoms with Gasteiger partial charge in [0.2, 0.25) is 0 Å². The Hall–Kier alpha value is -0.900. The van der Waals surface area contributed by atoms with E-state index < -0.39 is 5.60 Å². The Kier molecular flexibility index (Phi) is 4.29. The van der Waals surface area contributed by atoms with Crippen molar-refractivity contribution in [2.75, 3.05) is 0 Å². The molecular formula is C15H13BrClFO. The summed E-state index contributed by atoms with van der Waals surface area (Å²) >= 11 is 9.03. The smallest absolute Gasteiger partial charge is 0.127 e. The summed E-state index contributed by atoms with van der Waals surface area (Å²) in [7, 11) is 0. The van der Waals surface area contributed by atoms with Crippen LogP contribution in [0.25, 0.3) is 0 Å². The lowest BCUT2D eigenvalue weighted by Crippen LogP contribution is -2.24. The van der Waals surface area contributed by atoms with Crippen LogP contribution in [0.3, 0.4) is 0 Å². The Morgan fingerprint density at radius 2 is 1.84 bits per heavy atom. The standard InChI is InChI=1S/C15H13BrClFO/c1-15(19,11-3-6-13(17)7-4-11)9-10-2-5-12(16)8-14(10)18/h2-8,19H,9H2,1H3. The molecule has 0 aromatic heterocycles. The van der Waals surface area contributed by atoms with Gasteiger partial charge in [-0.3, -0.25) is 0 Å². The van der Waals surface area contributed by atoms with E-state index in [1.807, 2.05) is 0 Å². The van der Waals surface area contributed by atoms with Crippen LogP contribution >= 0.6 is 27.5 Å². The first-order chi connectivity index (χ1) is 8.88. The molecule has 1 unspecified atom stereocenters. The zero-order valence-electron chi connectivity index (χ0n) is 10.3. The second-order valence-electron chi connectivity index (χ2n) is 4.69. The monoisotopic (exact) mass is 342 g/mol. The molecule has 0 fully saturated rings. The maximum Gasteiger partial charge on any atom is 0.127 e. The van der Waals surface area contributed by atoms with E-state index in [2.05, 4.69) is 15.9 Å². The molecule has 0 saturated carbocycles. The highest BCUT2D eigenvalue weighted by Gasteiger charge is 2.24. The van der Waals surface area contributed by atoms with E-state index in [1.165, 1.54) is 6.07 Å². The van der Waals surface area contributed by atoms with Crippen LogP contribution in [0.4, 0.5) is 4.39 Å². The largest absolute Gasteiger partial charge is 0.385 e. The summed E-state index contributed by atoms with van der Waals surface area (Å²) in [6.07, 6.45) is 0.202. The normalized spacial score (nSPS) is 14.2. The molecule has 0 amide bonds. The van der Waals surface area contributed by atoms with Gasteiger partial charge in [0.15, 0.2) is 0 Å². The summed E-state index contributed by atoms with van der Waals surface area (Å²) in [5.74, 6) is -0.330. The minimum atomic E-state index is -1.14. The first-order valence-electron chi connectivity index (χ1n) is 5.81. The molecule has 100 valence electrons. The van der Waals surface area contributed by atoms with Crippen LogP contribution in [0.2, 0.25) is 5.02 Å². The van der Waals surface area contributed by atoms with Crippen LogP contribution in [-0.2, 0) is 12.0 Å². The van der Waals surface area contributed by atoms with Crippen molar-refractivity contribution in [1.82, 2.24) is 0 Å². The van der Waals surface area contributed by atoms with Gasteiger partial charge in [-0.15, -0.1) is 0 Å². The van der Waals surface area contributed by atoms with E-state index in [0.29, 0.717) is 20.6 Å². The third-order valence-electron chi connectivity index (χ3n) is 3.02. The van der Waals surface area contributed by atoms with Crippen molar-refractivity contribution in [2.45, 2.75) is 18.9 Å². The second kappa shape index (κ2) is 5.61. The quantitative estimate of drug-likeness (QED) is 0.857. The average Bonchev–Trinajstić information content (AvgIpc) is 2.33. The van der Waals surface area contributed by atoms with Gasteiger partial charge in [-0.1, -0.05) is 45.7 Å². The van der Waals surface area contributed by atoms with E-state index in [4.69, 9.17) is 11.6 Å². The topological polar surface area (TPSA) is 20.2 Å². The van der Waals surface area contributed by atoms with Crippen molar-refractivity contribution in [1.29, 1.82) is 0 Å². The molecular weight excluding hydrogens is 331 g/mol. The lowest BCUT2D eigenvalue weighted by atomic mass is 9.89. The lowest BCUT2D eigenvalue weighted by molar-refractivity contribution is 0.0567. The first-order valence-corrected chi connectivity index (χ1v) is 6.98. The minimum Gasteiger partial charge on any atom is -0.385 e. The highest BCUT2D eigenvalue weighted by Crippen LogP contribution is 2.28. The van der Waals surface area contributed by atoms with E-state index in [9.17, 15) is 9.50 Å². The SMILES string of the molecule is CC(O)(Cc1ccc(Br)cc1F)c1ccc(Cl)cc1. The second-order valence-corrected chi connectivity index (χ2v) is 6.05. The Morgan fingerprint density at radius 1 is 1.21 bits per heavy atom. The van der Waals surface area contributed by atoms with Gasteiger partial charge < -0.3 is 5.11 Å². The van der Waals surface area contributed by atoms with Gasteiger partial charge in [-0.05, 0) is 42.3 Å². The predicted octanol–water partition coefficient (Wildman–Crippen LogP) is 4.69. The molecule has 19 heavy (non-hydrogen) atoms. The molecule has 2 aromatic carbocycles. The highest BCUT2D eigenvalue weighted by atomic mass is 79.9. The van der Waals surface area contributed by atoms with Crippen molar-refractivity contribution >= 4 is 27.5 Å². The van der Waals surface area contributed by atoms with Crippen molar-refractivity contribution < 1.29 is 9.50 Å². The molecule has 0 aliphatic heterocycles. The van der Waals surface area contributed by atoms with Gasteiger partial charge in [-0.25, -0.2) is 4.39 Å². The maximum atomic E-state index is 13.8. The van der Waals surface area contributed by atoms with Crippen molar-refractivity contribution in [3.63, 3.8) is 0 Å². The highest BCUT2D eigenvalue weighted by molar-refractivity contribution is 9.10. The maximum absolute atomic E-state index is 13.8. The van der Waals surface area contributed by atoms with Gasteiger partial charge in [0.05, 0.1) is 5.60 Å². The van der Waals surface area contributed by atoms with Gasteiger partial charge in [-0.2, -0.15) is 0 Å². The number of hydrogen-bond donors (Lipinski definition) is 1. The van der Waals surface area contributed by atoms with Crippen LogP contribution in [-0.4, -0.2) is 5.11 Å². The van der Waals surface area contributed by atoms with Crippen molar-refractivity contribution in [2.24, 2.45) is 0 Å². The molecule has 1 nitrogen and oxygen atoms in total. The van der Waals surface area contributed by atoms with Crippen molar-refractivity contribution in [3.05, 3.63) is 68.9 Å². The molecule has 2 aromatic rings. The van der Waals surface area contributed by atoms with Gasteiger partial charge in [0.25, 0.3) is 0 Å². The number of halogens is 3. The minimum absolute atomic E-state index is 0.202. The molecule has 0 aliphatic rings. The Bertz CT molecular complexity index is 581. The summed E-state index contributed by atoms with van der Waals surface area (Å²) in [5, 5.41) is 11.1. The molecule has 0 spiro atoms. The average molecular weight is 344 g/mol. The van der Waals surface area contributed by atoms with Gasteiger partial charge in [0.1, 0.15) is 5.82 Å². The third-order valence-corrected chi connectivity index (χ3v) is 3.76. The third kappa shape index (κ3) is 3.56. The van der Waals surface area contributed by atoms with Gasteiger partial charge in [0, 0.05) is 15.9 Å². The van der Waals surface area contributed by atoms with Crippen LogP contribution < -0.4 is 0 Å². The Balaban J connectivity index is 2.27. The molecule has 1 N–H and O–H groups in total. The summed E-state index contributed by atoms with van der Waals surface area (Å²) in [5.41, 5.74) is 0.0431. The fraction of sp³-hybridized carbons (Fsp3) is 0.200. The molecule has 4 heteroatoms. The van der Waals surface area contributed by atoms with E-state index in [1.54, 1.807) is 43.3 Å². The Morgan fingerprint density at radius 3 is 2.42 bits per heavy atom. The number of aliphatic hydroxyl groups is 1. The van der Waals surface area contributed by atoms with Crippen LogP contribution in [0, 0.1) is 5.82 Å². The first kappa shape index (κ1) is 14.5. The fourth-order valence-electron chi connectivity index (χ4n) is 1.95. The zero-order chi connectivity index (χ0) is 14.0. The Labute approximate surface area is 125 Å². The fourth-order valence-corrected chi connectivity index (χ4v) is 2.41. The summed E-state index contributed by atoms with van der Waals surface area (Å²) in [6.45, 7) is 1.66. The molecule has 0 saturated heterocycles. The van der Waals surface area contributed by atoms with Crippen LogP contribution in [0.5, 0.6) is 0 Å². The summed E-state index contributed by atoms with van der Waals surface area (Å²) < 4.78 is 14.5. The molecule has 0 radical (unpaired) electrons. The zero-order valence-corrected chi connectivity index (χ0v) is 12.7. The number of rotatable bonds is 3. The summed E-state index contributed by atoms with van der Waals surface area (Å²) in [6, 6.07) is 11.7. The number of benzene rings is 2. The molecule has 0 heterocycles. The van der Waals surface area contributed by atoms with Gasteiger partial charge >= 0.3 is 0 Å². The molecule has 2 rings (SSSR count).